The van der Waals surface area contributed by atoms with Crippen molar-refractivity contribution in [2.45, 2.75) is 13.8 Å². The predicted molar refractivity (Wildman–Crippen MR) is 73.1 cm³/mol. The Morgan fingerprint density at radius 2 is 1.74 bits per heavy atom. The minimum absolute atomic E-state index is 0.233. The summed E-state index contributed by atoms with van der Waals surface area (Å²) in [5.41, 5.74) is 0.379. The van der Waals surface area contributed by atoms with E-state index in [1.54, 1.807) is 38.1 Å². The predicted octanol–water partition coefficient (Wildman–Crippen LogP) is 3.14. The highest BCUT2D eigenvalue weighted by atomic mass is 31.2. The Morgan fingerprint density at radius 1 is 1.16 bits per heavy atom. The fraction of sp³-hybridized carbons (Fsp3) is 0.462. The number of hydrogen-bond acceptors (Lipinski definition) is 5. The Morgan fingerprint density at radius 3 is 2.26 bits per heavy atom. The lowest BCUT2D eigenvalue weighted by atomic mass is 10.1. The lowest BCUT2D eigenvalue weighted by Crippen LogP contribution is -2.11. The Balaban J connectivity index is 2.91. The SMILES string of the molecule is CCOP(=O)(CC(=O)c1ccccc1OC)OCC. The normalized spacial score (nSPS) is 11.3. The molecule has 1 aromatic carbocycles. The van der Waals surface area contributed by atoms with Gasteiger partial charge in [-0.05, 0) is 26.0 Å². The Hall–Kier alpha value is -1.16. The molecule has 0 spiro atoms. The van der Waals surface area contributed by atoms with E-state index >= 15 is 0 Å². The molecule has 1 aromatic rings. The number of para-hydroxylation sites is 1. The first-order valence-electron chi connectivity index (χ1n) is 6.10. The van der Waals surface area contributed by atoms with Crippen LogP contribution < -0.4 is 4.74 Å². The maximum Gasteiger partial charge on any atom is 0.338 e. The van der Waals surface area contributed by atoms with Gasteiger partial charge in [0.15, 0.2) is 5.78 Å². The summed E-state index contributed by atoms with van der Waals surface area (Å²) in [6.07, 6.45) is -0.283. The molecule has 0 unspecified atom stereocenters. The zero-order chi connectivity index (χ0) is 14.3. The van der Waals surface area contributed by atoms with Crippen molar-refractivity contribution in [3.63, 3.8) is 0 Å². The van der Waals surface area contributed by atoms with Crippen LogP contribution >= 0.6 is 7.60 Å². The summed E-state index contributed by atoms with van der Waals surface area (Å²) in [6, 6.07) is 6.80. The average Bonchev–Trinajstić information content (AvgIpc) is 2.38. The fourth-order valence-electron chi connectivity index (χ4n) is 1.66. The van der Waals surface area contributed by atoms with Gasteiger partial charge in [-0.1, -0.05) is 12.1 Å². The van der Waals surface area contributed by atoms with Crippen LogP contribution in [-0.4, -0.2) is 32.3 Å². The van der Waals surface area contributed by atoms with Crippen molar-refractivity contribution in [1.82, 2.24) is 0 Å². The third kappa shape index (κ3) is 4.46. The van der Waals surface area contributed by atoms with E-state index < -0.39 is 7.60 Å². The van der Waals surface area contributed by atoms with Crippen molar-refractivity contribution in [1.29, 1.82) is 0 Å². The van der Waals surface area contributed by atoms with Gasteiger partial charge in [0.1, 0.15) is 11.9 Å². The van der Waals surface area contributed by atoms with Crippen LogP contribution in [0.4, 0.5) is 0 Å². The number of ketones is 1. The number of ether oxygens (including phenoxy) is 1. The van der Waals surface area contributed by atoms with Crippen LogP contribution in [0.3, 0.4) is 0 Å². The van der Waals surface area contributed by atoms with Crippen molar-refractivity contribution < 1.29 is 23.1 Å². The number of carbonyl (C=O) groups is 1. The molecule has 0 aliphatic carbocycles. The molecule has 19 heavy (non-hydrogen) atoms. The van der Waals surface area contributed by atoms with E-state index in [1.807, 2.05) is 0 Å². The van der Waals surface area contributed by atoms with E-state index in [-0.39, 0.29) is 25.2 Å². The molecule has 0 amide bonds. The molecule has 0 heterocycles. The molecular formula is C13H19O5P. The summed E-state index contributed by atoms with van der Waals surface area (Å²) >= 11 is 0. The molecule has 0 saturated heterocycles. The molecule has 0 aromatic heterocycles. The molecule has 0 N–H and O–H groups in total. The molecular weight excluding hydrogens is 267 g/mol. The zero-order valence-corrected chi connectivity index (χ0v) is 12.3. The third-order valence-electron chi connectivity index (χ3n) is 2.40. The van der Waals surface area contributed by atoms with E-state index in [0.29, 0.717) is 11.3 Å². The van der Waals surface area contributed by atoms with E-state index in [4.69, 9.17) is 13.8 Å². The molecule has 0 fully saturated rings. The summed E-state index contributed by atoms with van der Waals surface area (Å²) in [6.45, 7) is 3.88. The van der Waals surface area contributed by atoms with Gasteiger partial charge < -0.3 is 13.8 Å². The third-order valence-corrected chi connectivity index (χ3v) is 4.37. The maximum absolute atomic E-state index is 12.3. The van der Waals surface area contributed by atoms with Gasteiger partial charge in [0.25, 0.3) is 0 Å². The number of benzene rings is 1. The minimum atomic E-state index is -3.38. The van der Waals surface area contributed by atoms with Gasteiger partial charge >= 0.3 is 7.60 Å². The molecule has 0 saturated carbocycles. The molecule has 0 radical (unpaired) electrons. The monoisotopic (exact) mass is 286 g/mol. The van der Waals surface area contributed by atoms with Crippen molar-refractivity contribution in [2.24, 2.45) is 0 Å². The average molecular weight is 286 g/mol. The number of carbonyl (C=O) groups excluding carboxylic acids is 1. The maximum atomic E-state index is 12.3. The van der Waals surface area contributed by atoms with Crippen molar-refractivity contribution in [3.8, 4) is 5.75 Å². The van der Waals surface area contributed by atoms with E-state index in [1.165, 1.54) is 7.11 Å². The van der Waals surface area contributed by atoms with Crippen LogP contribution in [0.2, 0.25) is 0 Å². The van der Waals surface area contributed by atoms with Crippen LogP contribution in [-0.2, 0) is 13.6 Å². The molecule has 5 nitrogen and oxygen atoms in total. The molecule has 1 rings (SSSR count). The molecule has 0 aliphatic rings. The Kier molecular flexibility index (Phi) is 6.22. The second-order valence-corrected chi connectivity index (χ2v) is 5.78. The molecule has 106 valence electrons. The highest BCUT2D eigenvalue weighted by Crippen LogP contribution is 2.48. The second-order valence-electron chi connectivity index (χ2n) is 3.73. The van der Waals surface area contributed by atoms with Gasteiger partial charge in [-0.2, -0.15) is 0 Å². The van der Waals surface area contributed by atoms with Crippen molar-refractivity contribution in [3.05, 3.63) is 29.8 Å². The number of rotatable bonds is 8. The molecule has 6 heteroatoms. The van der Waals surface area contributed by atoms with Gasteiger partial charge in [0.05, 0.1) is 25.9 Å². The highest BCUT2D eigenvalue weighted by Gasteiger charge is 2.29. The number of methoxy groups -OCH3 is 1. The van der Waals surface area contributed by atoms with Crippen LogP contribution in [0.1, 0.15) is 24.2 Å². The van der Waals surface area contributed by atoms with E-state index in [0.717, 1.165) is 0 Å². The van der Waals surface area contributed by atoms with Crippen LogP contribution in [0, 0.1) is 0 Å². The van der Waals surface area contributed by atoms with Gasteiger partial charge in [-0.25, -0.2) is 0 Å². The van der Waals surface area contributed by atoms with Gasteiger partial charge in [0.2, 0.25) is 0 Å². The fourth-order valence-corrected chi connectivity index (χ4v) is 3.22. The lowest BCUT2D eigenvalue weighted by molar-refractivity contribution is 0.100. The topological polar surface area (TPSA) is 61.8 Å². The summed E-state index contributed by atoms with van der Waals surface area (Å²) in [5, 5.41) is 0. The van der Waals surface area contributed by atoms with Gasteiger partial charge in [-0.15, -0.1) is 0 Å². The van der Waals surface area contributed by atoms with Crippen molar-refractivity contribution >= 4 is 13.4 Å². The first-order chi connectivity index (χ1) is 9.06. The lowest BCUT2D eigenvalue weighted by Gasteiger charge is -2.16. The quantitative estimate of drug-likeness (QED) is 0.542. The highest BCUT2D eigenvalue weighted by molar-refractivity contribution is 7.54. The van der Waals surface area contributed by atoms with Crippen molar-refractivity contribution in [2.75, 3.05) is 26.5 Å². The Labute approximate surface area is 113 Å². The second kappa shape index (κ2) is 7.43. The van der Waals surface area contributed by atoms with E-state index in [9.17, 15) is 9.36 Å². The van der Waals surface area contributed by atoms with E-state index in [2.05, 4.69) is 0 Å². The first-order valence-corrected chi connectivity index (χ1v) is 7.83. The zero-order valence-electron chi connectivity index (χ0n) is 11.4. The first kappa shape index (κ1) is 15.9. The smallest absolute Gasteiger partial charge is 0.338 e. The summed E-state index contributed by atoms with van der Waals surface area (Å²) in [4.78, 5) is 12.2. The Bertz CT molecular complexity index is 462. The number of hydrogen-bond donors (Lipinski definition) is 0. The standard InChI is InChI=1S/C13H19O5P/c1-4-17-19(15,18-5-2)10-12(14)11-8-6-7-9-13(11)16-3/h6-9H,4-5,10H2,1-3H3. The summed E-state index contributed by atoms with van der Waals surface area (Å²) in [5.74, 6) is 0.134. The summed E-state index contributed by atoms with van der Waals surface area (Å²) in [7, 11) is -1.89. The largest absolute Gasteiger partial charge is 0.496 e. The van der Waals surface area contributed by atoms with Gasteiger partial charge in [0, 0.05) is 0 Å². The molecule has 0 bridgehead atoms. The molecule has 0 atom stereocenters. The van der Waals surface area contributed by atoms with Crippen LogP contribution in [0.5, 0.6) is 5.75 Å². The van der Waals surface area contributed by atoms with Crippen LogP contribution in [0.15, 0.2) is 24.3 Å². The van der Waals surface area contributed by atoms with Crippen LogP contribution in [0.25, 0.3) is 0 Å². The number of Topliss-reactive ketones (excluding diaryl/α,β-unsaturated/α-hetero) is 1. The van der Waals surface area contributed by atoms with Gasteiger partial charge in [-0.3, -0.25) is 9.36 Å². The molecule has 0 aliphatic heterocycles. The summed E-state index contributed by atoms with van der Waals surface area (Å²) < 4.78 is 27.6. The minimum Gasteiger partial charge on any atom is -0.496 e.